The molecule has 1 rings (SSSR count). The summed E-state index contributed by atoms with van der Waals surface area (Å²) in [5, 5.41) is 0. The Morgan fingerprint density at radius 1 is 1.40 bits per heavy atom. The topological polar surface area (TPSA) is 26.3 Å². The smallest absolute Gasteiger partial charge is 0.312 e. The van der Waals surface area contributed by atoms with Gasteiger partial charge in [-0.1, -0.05) is 25.3 Å². The van der Waals surface area contributed by atoms with E-state index in [0.29, 0.717) is 6.61 Å². The Labute approximate surface area is 92.7 Å². The second-order valence-corrected chi connectivity index (χ2v) is 4.39. The van der Waals surface area contributed by atoms with Crippen LogP contribution in [0.25, 0.3) is 0 Å². The van der Waals surface area contributed by atoms with Gasteiger partial charge < -0.3 is 4.74 Å². The van der Waals surface area contributed by atoms with Crippen LogP contribution in [0.15, 0.2) is 12.7 Å². The molecule has 0 atom stereocenters. The lowest BCUT2D eigenvalue weighted by Crippen LogP contribution is -2.35. The highest BCUT2D eigenvalue weighted by molar-refractivity contribution is 5.77. The first-order valence-corrected chi connectivity index (χ1v) is 6.03. The van der Waals surface area contributed by atoms with Crippen LogP contribution in [0.5, 0.6) is 0 Å². The Hall–Kier alpha value is -0.790. The van der Waals surface area contributed by atoms with Gasteiger partial charge in [0.2, 0.25) is 0 Å². The molecule has 1 aliphatic rings. The van der Waals surface area contributed by atoms with E-state index in [-0.39, 0.29) is 11.4 Å². The van der Waals surface area contributed by atoms with Gasteiger partial charge in [-0.05, 0) is 32.6 Å². The van der Waals surface area contributed by atoms with E-state index in [1.165, 1.54) is 6.42 Å². The Morgan fingerprint density at radius 2 is 2.07 bits per heavy atom. The Bertz CT molecular complexity index is 215. The van der Waals surface area contributed by atoms with Crippen molar-refractivity contribution < 1.29 is 9.53 Å². The third-order valence-corrected chi connectivity index (χ3v) is 3.35. The molecule has 0 unspecified atom stereocenters. The van der Waals surface area contributed by atoms with Crippen LogP contribution in [0.2, 0.25) is 0 Å². The first kappa shape index (κ1) is 12.3. The molecule has 2 heteroatoms. The van der Waals surface area contributed by atoms with Crippen LogP contribution in [0, 0.1) is 5.41 Å². The summed E-state index contributed by atoms with van der Waals surface area (Å²) in [4.78, 5) is 12.0. The largest absolute Gasteiger partial charge is 0.466 e. The van der Waals surface area contributed by atoms with Gasteiger partial charge in [0.1, 0.15) is 0 Å². The molecule has 0 aromatic rings. The average Bonchev–Trinajstić information content (AvgIpc) is 2.28. The van der Waals surface area contributed by atoms with E-state index in [1.807, 2.05) is 13.0 Å². The monoisotopic (exact) mass is 210 g/mol. The first-order valence-electron chi connectivity index (χ1n) is 6.03. The van der Waals surface area contributed by atoms with E-state index in [0.717, 1.165) is 38.5 Å². The Balaban J connectivity index is 2.64. The van der Waals surface area contributed by atoms with E-state index in [2.05, 4.69) is 6.58 Å². The van der Waals surface area contributed by atoms with Crippen molar-refractivity contribution in [2.24, 2.45) is 5.41 Å². The average molecular weight is 210 g/mol. The molecule has 1 aliphatic carbocycles. The van der Waals surface area contributed by atoms with Crippen LogP contribution in [-0.4, -0.2) is 12.6 Å². The minimum atomic E-state index is -0.192. The molecule has 1 saturated carbocycles. The van der Waals surface area contributed by atoms with Crippen molar-refractivity contribution in [2.75, 3.05) is 6.61 Å². The minimum absolute atomic E-state index is 0.0200. The Morgan fingerprint density at radius 3 is 2.60 bits per heavy atom. The number of allylic oxidation sites excluding steroid dienone is 1. The van der Waals surface area contributed by atoms with Crippen LogP contribution in [0.1, 0.15) is 51.9 Å². The molecule has 0 aromatic carbocycles. The summed E-state index contributed by atoms with van der Waals surface area (Å²) in [6, 6.07) is 0. The highest BCUT2D eigenvalue weighted by Gasteiger charge is 2.39. The van der Waals surface area contributed by atoms with Crippen molar-refractivity contribution in [2.45, 2.75) is 51.9 Å². The highest BCUT2D eigenvalue weighted by atomic mass is 16.5. The van der Waals surface area contributed by atoms with Crippen LogP contribution in [0.4, 0.5) is 0 Å². The molecule has 15 heavy (non-hydrogen) atoms. The van der Waals surface area contributed by atoms with Gasteiger partial charge in [0.25, 0.3) is 0 Å². The molecule has 0 heterocycles. The third kappa shape index (κ3) is 3.08. The molecule has 0 aromatic heterocycles. The van der Waals surface area contributed by atoms with E-state index < -0.39 is 0 Å². The summed E-state index contributed by atoms with van der Waals surface area (Å²) in [6.07, 6.45) is 9.31. The maximum absolute atomic E-state index is 12.0. The number of rotatable bonds is 5. The van der Waals surface area contributed by atoms with Gasteiger partial charge in [-0.2, -0.15) is 0 Å². The minimum Gasteiger partial charge on any atom is -0.466 e. The summed E-state index contributed by atoms with van der Waals surface area (Å²) in [5.41, 5.74) is -0.192. The quantitative estimate of drug-likeness (QED) is 0.513. The molecular formula is C13H22O2. The second kappa shape index (κ2) is 5.94. The third-order valence-electron chi connectivity index (χ3n) is 3.35. The maximum Gasteiger partial charge on any atom is 0.312 e. The number of hydrogen-bond acceptors (Lipinski definition) is 2. The molecule has 0 radical (unpaired) electrons. The summed E-state index contributed by atoms with van der Waals surface area (Å²) >= 11 is 0. The molecule has 0 N–H and O–H groups in total. The van der Waals surface area contributed by atoms with Gasteiger partial charge in [0, 0.05) is 0 Å². The van der Waals surface area contributed by atoms with Gasteiger partial charge in [-0.3, -0.25) is 4.79 Å². The van der Waals surface area contributed by atoms with Crippen molar-refractivity contribution in [3.63, 3.8) is 0 Å². The fourth-order valence-corrected chi connectivity index (χ4v) is 2.45. The summed E-state index contributed by atoms with van der Waals surface area (Å²) in [6.45, 7) is 6.10. The van der Waals surface area contributed by atoms with Crippen molar-refractivity contribution in [1.29, 1.82) is 0 Å². The SMILES string of the molecule is C=CCCC1(C(=O)OCC)CCCCC1. The lowest BCUT2D eigenvalue weighted by Gasteiger charge is -2.34. The first-order chi connectivity index (χ1) is 7.25. The van der Waals surface area contributed by atoms with Crippen LogP contribution >= 0.6 is 0 Å². The standard InChI is InChI=1S/C13H22O2/c1-3-5-9-13(12(14)15-4-2)10-7-6-8-11-13/h3H,1,4-11H2,2H3. The van der Waals surface area contributed by atoms with Crippen molar-refractivity contribution in [1.82, 2.24) is 0 Å². The van der Waals surface area contributed by atoms with Crippen LogP contribution in [0.3, 0.4) is 0 Å². The van der Waals surface area contributed by atoms with Crippen LogP contribution in [-0.2, 0) is 9.53 Å². The summed E-state index contributed by atoms with van der Waals surface area (Å²) in [7, 11) is 0. The fraction of sp³-hybridized carbons (Fsp3) is 0.769. The van der Waals surface area contributed by atoms with Gasteiger partial charge in [-0.25, -0.2) is 0 Å². The molecule has 0 amide bonds. The normalized spacial score (nSPS) is 19.5. The predicted octanol–water partition coefficient (Wildman–Crippen LogP) is 3.47. The molecule has 0 saturated heterocycles. The lowest BCUT2D eigenvalue weighted by atomic mass is 9.71. The van der Waals surface area contributed by atoms with Crippen molar-refractivity contribution >= 4 is 5.97 Å². The van der Waals surface area contributed by atoms with Gasteiger partial charge in [-0.15, -0.1) is 6.58 Å². The lowest BCUT2D eigenvalue weighted by molar-refractivity contribution is -0.158. The molecular weight excluding hydrogens is 188 g/mol. The van der Waals surface area contributed by atoms with Gasteiger partial charge in [0.15, 0.2) is 0 Å². The predicted molar refractivity (Wildman–Crippen MR) is 61.6 cm³/mol. The van der Waals surface area contributed by atoms with Gasteiger partial charge >= 0.3 is 5.97 Å². The number of carbonyl (C=O) groups is 1. The molecule has 1 fully saturated rings. The molecule has 0 bridgehead atoms. The molecule has 86 valence electrons. The van der Waals surface area contributed by atoms with E-state index >= 15 is 0 Å². The highest BCUT2D eigenvalue weighted by Crippen LogP contribution is 2.41. The second-order valence-electron chi connectivity index (χ2n) is 4.39. The molecule has 2 nitrogen and oxygen atoms in total. The number of hydrogen-bond donors (Lipinski definition) is 0. The zero-order valence-corrected chi connectivity index (χ0v) is 9.76. The number of carbonyl (C=O) groups excluding carboxylic acids is 1. The van der Waals surface area contributed by atoms with E-state index in [4.69, 9.17) is 4.74 Å². The molecule has 0 aliphatic heterocycles. The van der Waals surface area contributed by atoms with Crippen molar-refractivity contribution in [3.8, 4) is 0 Å². The number of esters is 1. The molecule has 0 spiro atoms. The summed E-state index contributed by atoms with van der Waals surface area (Å²) < 4.78 is 5.21. The Kier molecular flexibility index (Phi) is 4.86. The summed E-state index contributed by atoms with van der Waals surface area (Å²) in [5.74, 6) is 0.0200. The van der Waals surface area contributed by atoms with Crippen molar-refractivity contribution in [3.05, 3.63) is 12.7 Å². The van der Waals surface area contributed by atoms with Crippen LogP contribution < -0.4 is 0 Å². The van der Waals surface area contributed by atoms with E-state index in [9.17, 15) is 4.79 Å². The van der Waals surface area contributed by atoms with Gasteiger partial charge in [0.05, 0.1) is 12.0 Å². The van der Waals surface area contributed by atoms with E-state index in [1.54, 1.807) is 0 Å². The fourth-order valence-electron chi connectivity index (χ4n) is 2.45. The zero-order chi connectivity index (χ0) is 11.1. The maximum atomic E-state index is 12.0. The zero-order valence-electron chi connectivity index (χ0n) is 9.76. The number of ether oxygens (including phenoxy) is 1.